The molecule has 2 heterocycles. The molecule has 0 radical (unpaired) electrons. The van der Waals surface area contributed by atoms with E-state index < -0.39 is 18.2 Å². The number of hydrogen-bond acceptors (Lipinski definition) is 6. The molecular weight excluding hydrogens is 448 g/mol. The molecule has 0 aliphatic carbocycles. The highest BCUT2D eigenvalue weighted by Gasteiger charge is 2.44. The Bertz CT molecular complexity index is 996. The van der Waals surface area contributed by atoms with E-state index in [-0.39, 0.29) is 42.3 Å². The summed E-state index contributed by atoms with van der Waals surface area (Å²) in [4.78, 5) is 33.7. The zero-order chi connectivity index (χ0) is 25.2. The Hall–Kier alpha value is -2.29. The maximum atomic E-state index is 13.5. The summed E-state index contributed by atoms with van der Waals surface area (Å²) in [5, 5.41) is 16.7. The smallest absolute Gasteiger partial charge is 0.243 e. The van der Waals surface area contributed by atoms with Gasteiger partial charge in [-0.3, -0.25) is 9.59 Å². The van der Waals surface area contributed by atoms with Gasteiger partial charge in [-0.15, -0.1) is 11.3 Å². The molecule has 1 aliphatic heterocycles. The van der Waals surface area contributed by atoms with E-state index >= 15 is 0 Å². The minimum atomic E-state index is -0.711. The Morgan fingerprint density at radius 2 is 1.82 bits per heavy atom. The van der Waals surface area contributed by atoms with Gasteiger partial charge in [-0.25, -0.2) is 4.98 Å². The molecule has 2 aromatic rings. The van der Waals surface area contributed by atoms with Gasteiger partial charge in [-0.1, -0.05) is 58.9 Å². The molecule has 1 aromatic heterocycles. The predicted molar refractivity (Wildman–Crippen MR) is 136 cm³/mol. The van der Waals surface area contributed by atoms with Gasteiger partial charge in [0, 0.05) is 19.0 Å². The van der Waals surface area contributed by atoms with Crippen molar-refractivity contribution < 1.29 is 14.7 Å². The lowest BCUT2D eigenvalue weighted by molar-refractivity contribution is -0.142. The molecular formula is C26H38N4O3S. The molecule has 0 saturated carbocycles. The maximum absolute atomic E-state index is 13.5. The van der Waals surface area contributed by atoms with Gasteiger partial charge in [-0.2, -0.15) is 0 Å². The number of aliphatic hydroxyl groups is 1. The van der Waals surface area contributed by atoms with Crippen LogP contribution in [0.4, 0.5) is 0 Å². The summed E-state index contributed by atoms with van der Waals surface area (Å²) >= 11 is 1.61. The van der Waals surface area contributed by atoms with E-state index in [1.807, 2.05) is 78.2 Å². The number of carbonyl (C=O) groups is 2. The highest BCUT2D eigenvalue weighted by Crippen LogP contribution is 2.29. The summed E-state index contributed by atoms with van der Waals surface area (Å²) in [6.45, 7) is 14.1. The molecule has 186 valence electrons. The number of aryl methyl sites for hydroxylation is 1. The van der Waals surface area contributed by atoms with Gasteiger partial charge in [-0.05, 0) is 30.4 Å². The van der Waals surface area contributed by atoms with Crippen LogP contribution < -0.4 is 10.6 Å². The maximum Gasteiger partial charge on any atom is 0.243 e. The molecule has 8 heteroatoms. The summed E-state index contributed by atoms with van der Waals surface area (Å²) in [5.74, 6) is -0.383. The number of benzene rings is 1. The Kier molecular flexibility index (Phi) is 8.16. The summed E-state index contributed by atoms with van der Waals surface area (Å²) in [7, 11) is 0. The molecule has 3 N–H and O–H groups in total. The number of nitrogens with zero attached hydrogens (tertiary/aromatic N) is 2. The van der Waals surface area contributed by atoms with E-state index in [1.165, 1.54) is 0 Å². The van der Waals surface area contributed by atoms with Crippen molar-refractivity contribution in [1.82, 2.24) is 20.5 Å². The van der Waals surface area contributed by atoms with Gasteiger partial charge in [0.25, 0.3) is 0 Å². The normalized spacial score (nSPS) is 20.4. The number of rotatable bonds is 7. The summed E-state index contributed by atoms with van der Waals surface area (Å²) in [6.07, 6.45) is -0.469. The molecule has 1 fully saturated rings. The fraction of sp³-hybridized carbons (Fsp3) is 0.577. The number of aromatic nitrogens is 1. The van der Waals surface area contributed by atoms with Crippen LogP contribution >= 0.6 is 11.3 Å². The third kappa shape index (κ3) is 6.03. The number of nitrogens with one attached hydrogen (secondary N) is 2. The van der Waals surface area contributed by atoms with Crippen LogP contribution in [-0.2, 0) is 9.59 Å². The van der Waals surface area contributed by atoms with Gasteiger partial charge >= 0.3 is 0 Å². The molecule has 4 atom stereocenters. The first-order valence-corrected chi connectivity index (χ1v) is 12.8. The first kappa shape index (κ1) is 26.3. The molecule has 1 aromatic carbocycles. The molecule has 1 saturated heterocycles. The standard InChI is InChI=1S/C26H38N4O3S/c1-15(2)28-23(26(5,6)7)25(33)30-13-20(31)12-21(30)24(32)29-16(3)18-8-10-19(11-9-18)22-17(4)27-14-34-22/h8-11,14-16,20-21,23,28,31H,12-13H2,1-7H3,(H,29,32)/t16-,20+,21-,23-/m0/s1. The quantitative estimate of drug-likeness (QED) is 0.555. The van der Waals surface area contributed by atoms with E-state index in [0.717, 1.165) is 21.7 Å². The van der Waals surface area contributed by atoms with E-state index in [4.69, 9.17) is 0 Å². The van der Waals surface area contributed by atoms with Crippen LogP contribution in [0.25, 0.3) is 10.4 Å². The van der Waals surface area contributed by atoms with Crippen LogP contribution in [0, 0.1) is 12.3 Å². The van der Waals surface area contributed by atoms with Crippen LogP contribution in [0.15, 0.2) is 29.8 Å². The highest BCUT2D eigenvalue weighted by atomic mass is 32.1. The van der Waals surface area contributed by atoms with Crippen molar-refractivity contribution in [2.24, 2.45) is 5.41 Å². The highest BCUT2D eigenvalue weighted by molar-refractivity contribution is 7.13. The minimum Gasteiger partial charge on any atom is -0.391 e. The number of likely N-dealkylation sites (tertiary alicyclic amines) is 1. The predicted octanol–water partition coefficient (Wildman–Crippen LogP) is 3.67. The Morgan fingerprint density at radius 1 is 1.18 bits per heavy atom. The number of β-amino-alcohol motifs (C(OH)–C–C–N with tert-alkyl or cyclic N) is 1. The second-order valence-electron chi connectivity index (χ2n) is 10.6. The average Bonchev–Trinajstić information content (AvgIpc) is 3.36. The molecule has 7 nitrogen and oxygen atoms in total. The average molecular weight is 487 g/mol. The topological polar surface area (TPSA) is 94.6 Å². The van der Waals surface area contributed by atoms with Gasteiger partial charge in [0.1, 0.15) is 6.04 Å². The van der Waals surface area contributed by atoms with Crippen molar-refractivity contribution in [2.75, 3.05) is 6.54 Å². The van der Waals surface area contributed by atoms with E-state index in [9.17, 15) is 14.7 Å². The SMILES string of the molecule is Cc1ncsc1-c1ccc([C@H](C)NC(=O)[C@@H]2C[C@@H](O)CN2C(=O)[C@H](NC(C)C)C(C)(C)C)cc1. The third-order valence-corrected chi connectivity index (χ3v) is 7.23. The molecule has 0 unspecified atom stereocenters. The largest absolute Gasteiger partial charge is 0.391 e. The lowest BCUT2D eigenvalue weighted by Gasteiger charge is -2.36. The fourth-order valence-electron chi connectivity index (χ4n) is 4.39. The van der Waals surface area contributed by atoms with Gasteiger partial charge < -0.3 is 20.6 Å². The number of hydrogen-bond donors (Lipinski definition) is 3. The second kappa shape index (κ2) is 10.5. The number of aliphatic hydroxyl groups excluding tert-OH is 1. The molecule has 0 spiro atoms. The number of carbonyl (C=O) groups excluding carboxylic acids is 2. The van der Waals surface area contributed by atoms with E-state index in [2.05, 4.69) is 15.6 Å². The summed E-state index contributed by atoms with van der Waals surface area (Å²) in [5.41, 5.74) is 4.59. The van der Waals surface area contributed by atoms with Gasteiger partial charge in [0.2, 0.25) is 11.8 Å². The van der Waals surface area contributed by atoms with Crippen LogP contribution in [0.2, 0.25) is 0 Å². The lowest BCUT2D eigenvalue weighted by Crippen LogP contribution is -2.57. The third-order valence-electron chi connectivity index (χ3n) is 6.25. The molecule has 34 heavy (non-hydrogen) atoms. The van der Waals surface area contributed by atoms with E-state index in [0.29, 0.717) is 0 Å². The first-order chi connectivity index (χ1) is 15.9. The van der Waals surface area contributed by atoms with Crippen LogP contribution in [0.1, 0.15) is 65.3 Å². The van der Waals surface area contributed by atoms with Crippen molar-refractivity contribution in [2.45, 2.75) is 85.2 Å². The van der Waals surface area contributed by atoms with E-state index in [1.54, 1.807) is 16.2 Å². The lowest BCUT2D eigenvalue weighted by atomic mass is 9.85. The minimum absolute atomic E-state index is 0.115. The number of amides is 2. The van der Waals surface area contributed by atoms with Crippen molar-refractivity contribution in [1.29, 1.82) is 0 Å². The van der Waals surface area contributed by atoms with Gasteiger partial charge in [0.05, 0.1) is 34.3 Å². The number of thiazole rings is 1. The molecule has 2 amide bonds. The van der Waals surface area contributed by atoms with Crippen molar-refractivity contribution in [3.05, 3.63) is 41.0 Å². The van der Waals surface area contributed by atoms with Crippen LogP contribution in [0.3, 0.4) is 0 Å². The van der Waals surface area contributed by atoms with Crippen LogP contribution in [-0.4, -0.2) is 57.6 Å². The molecule has 1 aliphatic rings. The molecule has 0 bridgehead atoms. The zero-order valence-electron chi connectivity index (χ0n) is 21.3. The Morgan fingerprint density at radius 3 is 2.35 bits per heavy atom. The second-order valence-corrected chi connectivity index (χ2v) is 11.5. The Labute approximate surface area is 207 Å². The van der Waals surface area contributed by atoms with Gasteiger partial charge in [0.15, 0.2) is 0 Å². The summed E-state index contributed by atoms with van der Waals surface area (Å²) in [6, 6.07) is 6.84. The monoisotopic (exact) mass is 486 g/mol. The first-order valence-electron chi connectivity index (χ1n) is 11.9. The van der Waals surface area contributed by atoms with Crippen molar-refractivity contribution in [3.63, 3.8) is 0 Å². The molecule has 3 rings (SSSR count). The Balaban J connectivity index is 1.72. The van der Waals surface area contributed by atoms with Crippen LogP contribution in [0.5, 0.6) is 0 Å². The van der Waals surface area contributed by atoms with Crippen molar-refractivity contribution >= 4 is 23.2 Å². The fourth-order valence-corrected chi connectivity index (χ4v) is 5.20. The summed E-state index contributed by atoms with van der Waals surface area (Å²) < 4.78 is 0. The zero-order valence-corrected chi connectivity index (χ0v) is 22.1. The van der Waals surface area contributed by atoms with Crippen molar-refractivity contribution in [3.8, 4) is 10.4 Å².